The second-order valence-corrected chi connectivity index (χ2v) is 5.07. The first kappa shape index (κ1) is 11.9. The second kappa shape index (κ2) is 4.86. The van der Waals surface area contributed by atoms with Crippen molar-refractivity contribution in [3.8, 4) is 5.75 Å². The lowest BCUT2D eigenvalue weighted by Crippen LogP contribution is -2.37. The Hall–Kier alpha value is -1.13. The molecule has 0 aliphatic carbocycles. The molecule has 98 valence electrons. The fourth-order valence-electron chi connectivity index (χ4n) is 2.79. The van der Waals surface area contributed by atoms with E-state index in [2.05, 4.69) is 0 Å². The number of aliphatic hydroxyl groups excluding tert-OH is 1. The van der Waals surface area contributed by atoms with Gasteiger partial charge in [0.1, 0.15) is 17.7 Å². The van der Waals surface area contributed by atoms with Crippen LogP contribution in [0.3, 0.4) is 0 Å². The van der Waals surface area contributed by atoms with E-state index in [1.165, 1.54) is 12.1 Å². The van der Waals surface area contributed by atoms with E-state index in [1.807, 2.05) is 0 Å². The molecule has 3 atom stereocenters. The first-order chi connectivity index (χ1) is 8.74. The zero-order chi connectivity index (χ0) is 12.5. The molecule has 0 bridgehead atoms. The van der Waals surface area contributed by atoms with Gasteiger partial charge in [0.2, 0.25) is 0 Å². The summed E-state index contributed by atoms with van der Waals surface area (Å²) in [6.07, 6.45) is 1.99. The average Bonchev–Trinajstić information content (AvgIpc) is 2.39. The second-order valence-electron chi connectivity index (χ2n) is 5.07. The molecule has 0 radical (unpaired) electrons. The predicted molar refractivity (Wildman–Crippen MR) is 63.9 cm³/mol. The van der Waals surface area contributed by atoms with Gasteiger partial charge in [-0.05, 0) is 25.0 Å². The van der Waals surface area contributed by atoms with Gasteiger partial charge in [-0.1, -0.05) is 0 Å². The summed E-state index contributed by atoms with van der Waals surface area (Å²) in [4.78, 5) is 0. The molecule has 1 aromatic carbocycles. The zero-order valence-corrected chi connectivity index (χ0v) is 10.1. The highest BCUT2D eigenvalue weighted by Crippen LogP contribution is 2.38. The third-order valence-electron chi connectivity index (χ3n) is 3.79. The van der Waals surface area contributed by atoms with Crippen LogP contribution in [0, 0.1) is 11.7 Å². The Morgan fingerprint density at radius 3 is 3.00 bits per heavy atom. The maximum atomic E-state index is 13.2. The van der Waals surface area contributed by atoms with Gasteiger partial charge in [-0.15, -0.1) is 0 Å². The van der Waals surface area contributed by atoms with Crippen molar-refractivity contribution in [3.05, 3.63) is 29.6 Å². The molecular weight excluding hydrogens is 235 g/mol. The van der Waals surface area contributed by atoms with Crippen LogP contribution in [-0.4, -0.2) is 24.4 Å². The number of benzene rings is 1. The summed E-state index contributed by atoms with van der Waals surface area (Å²) in [7, 11) is 0. The van der Waals surface area contributed by atoms with Crippen molar-refractivity contribution in [2.45, 2.75) is 31.5 Å². The Balaban J connectivity index is 1.81. The molecular formula is C14H17FO3. The average molecular weight is 252 g/mol. The highest BCUT2D eigenvalue weighted by atomic mass is 19.1. The number of hydrogen-bond donors (Lipinski definition) is 1. The highest BCUT2D eigenvalue weighted by molar-refractivity contribution is 5.37. The van der Waals surface area contributed by atoms with Gasteiger partial charge in [-0.25, -0.2) is 4.39 Å². The third-order valence-corrected chi connectivity index (χ3v) is 3.79. The summed E-state index contributed by atoms with van der Waals surface area (Å²) in [5, 5.41) is 10.1. The maximum Gasteiger partial charge on any atom is 0.128 e. The Morgan fingerprint density at radius 1 is 1.33 bits per heavy atom. The van der Waals surface area contributed by atoms with Gasteiger partial charge in [-0.3, -0.25) is 0 Å². The van der Waals surface area contributed by atoms with Crippen LogP contribution in [0.15, 0.2) is 18.2 Å². The van der Waals surface area contributed by atoms with Gasteiger partial charge in [0.05, 0.1) is 12.7 Å². The van der Waals surface area contributed by atoms with Crippen LogP contribution >= 0.6 is 0 Å². The van der Waals surface area contributed by atoms with E-state index in [4.69, 9.17) is 9.47 Å². The Kier molecular flexibility index (Phi) is 3.22. The van der Waals surface area contributed by atoms with Crippen molar-refractivity contribution in [3.63, 3.8) is 0 Å². The molecule has 1 aromatic rings. The van der Waals surface area contributed by atoms with Crippen molar-refractivity contribution in [1.82, 2.24) is 0 Å². The monoisotopic (exact) mass is 252 g/mol. The number of fused-ring (bicyclic) bond motifs is 1. The van der Waals surface area contributed by atoms with Crippen LogP contribution in [-0.2, 0) is 4.74 Å². The molecule has 1 fully saturated rings. The summed E-state index contributed by atoms with van der Waals surface area (Å²) in [6.45, 7) is 1.47. The molecule has 1 N–H and O–H groups in total. The summed E-state index contributed by atoms with van der Waals surface area (Å²) >= 11 is 0. The van der Waals surface area contributed by atoms with Gasteiger partial charge < -0.3 is 14.6 Å². The minimum absolute atomic E-state index is 0.0744. The first-order valence-corrected chi connectivity index (χ1v) is 6.46. The minimum Gasteiger partial charge on any atom is -0.489 e. The molecule has 2 unspecified atom stereocenters. The topological polar surface area (TPSA) is 38.7 Å². The van der Waals surface area contributed by atoms with Crippen LogP contribution in [0.5, 0.6) is 5.75 Å². The number of ether oxygens (including phenoxy) is 2. The lowest BCUT2D eigenvalue weighted by Gasteiger charge is -2.36. The summed E-state index contributed by atoms with van der Waals surface area (Å²) in [5.41, 5.74) is 0.685. The molecule has 3 nitrogen and oxygen atoms in total. The van der Waals surface area contributed by atoms with Crippen molar-refractivity contribution in [2.24, 2.45) is 5.92 Å². The molecule has 3 rings (SSSR count). The van der Waals surface area contributed by atoms with E-state index >= 15 is 0 Å². The van der Waals surface area contributed by atoms with Crippen LogP contribution in [0.2, 0.25) is 0 Å². The summed E-state index contributed by atoms with van der Waals surface area (Å²) in [5.74, 6) is 0.440. The Bertz CT molecular complexity index is 429. The smallest absolute Gasteiger partial charge is 0.128 e. The van der Waals surface area contributed by atoms with Crippen molar-refractivity contribution in [1.29, 1.82) is 0 Å². The molecule has 0 saturated carbocycles. The number of halogens is 1. The third kappa shape index (κ3) is 2.22. The zero-order valence-electron chi connectivity index (χ0n) is 10.1. The molecule has 2 heterocycles. The van der Waals surface area contributed by atoms with Gasteiger partial charge in [-0.2, -0.15) is 0 Å². The van der Waals surface area contributed by atoms with Crippen LogP contribution < -0.4 is 4.74 Å². The SMILES string of the molecule is O[C@H]1CC(C2CCCOC2)Oc2cc(F)ccc21. The highest BCUT2D eigenvalue weighted by Gasteiger charge is 2.33. The first-order valence-electron chi connectivity index (χ1n) is 6.46. The maximum absolute atomic E-state index is 13.2. The summed E-state index contributed by atoms with van der Waals surface area (Å²) < 4.78 is 24.5. The normalized spacial score (nSPS) is 31.6. The van der Waals surface area contributed by atoms with Gasteiger partial charge in [0.25, 0.3) is 0 Å². The van der Waals surface area contributed by atoms with Crippen molar-refractivity contribution in [2.75, 3.05) is 13.2 Å². The largest absolute Gasteiger partial charge is 0.489 e. The van der Waals surface area contributed by atoms with Crippen molar-refractivity contribution < 1.29 is 19.0 Å². The van der Waals surface area contributed by atoms with E-state index in [-0.39, 0.29) is 11.9 Å². The molecule has 2 aliphatic rings. The van der Waals surface area contributed by atoms with E-state index in [9.17, 15) is 9.50 Å². The fourth-order valence-corrected chi connectivity index (χ4v) is 2.79. The molecule has 4 heteroatoms. The van der Waals surface area contributed by atoms with E-state index < -0.39 is 6.10 Å². The van der Waals surface area contributed by atoms with E-state index in [0.717, 1.165) is 19.4 Å². The van der Waals surface area contributed by atoms with Crippen LogP contribution in [0.25, 0.3) is 0 Å². The number of rotatable bonds is 1. The van der Waals surface area contributed by atoms with E-state index in [1.54, 1.807) is 6.07 Å². The lowest BCUT2D eigenvalue weighted by molar-refractivity contribution is -0.0287. The standard InChI is InChI=1S/C14H17FO3/c15-10-3-4-11-12(16)7-13(18-14(11)6-10)9-2-1-5-17-8-9/h3-4,6,9,12-13,16H,1-2,5,7-8H2/t9?,12-,13?/m0/s1. The van der Waals surface area contributed by atoms with Gasteiger partial charge in [0.15, 0.2) is 0 Å². The number of hydrogen-bond acceptors (Lipinski definition) is 3. The molecule has 1 saturated heterocycles. The fraction of sp³-hybridized carbons (Fsp3) is 0.571. The van der Waals surface area contributed by atoms with Gasteiger partial charge in [0, 0.05) is 30.6 Å². The molecule has 18 heavy (non-hydrogen) atoms. The summed E-state index contributed by atoms with van der Waals surface area (Å²) in [6, 6.07) is 4.31. The quantitative estimate of drug-likeness (QED) is 0.834. The van der Waals surface area contributed by atoms with Crippen LogP contribution in [0.4, 0.5) is 4.39 Å². The lowest BCUT2D eigenvalue weighted by atomic mass is 9.88. The Morgan fingerprint density at radius 2 is 2.22 bits per heavy atom. The van der Waals surface area contributed by atoms with Crippen molar-refractivity contribution >= 4 is 0 Å². The Labute approximate surface area is 106 Å². The van der Waals surface area contributed by atoms with E-state index in [0.29, 0.717) is 30.3 Å². The molecule has 0 spiro atoms. The van der Waals surface area contributed by atoms with Crippen LogP contribution in [0.1, 0.15) is 30.9 Å². The molecule has 2 aliphatic heterocycles. The minimum atomic E-state index is -0.568. The van der Waals surface area contributed by atoms with Gasteiger partial charge >= 0.3 is 0 Å². The predicted octanol–water partition coefficient (Wildman–Crippen LogP) is 2.44. The molecule has 0 amide bonds. The molecule has 0 aromatic heterocycles. The number of aliphatic hydroxyl groups is 1.